The summed E-state index contributed by atoms with van der Waals surface area (Å²) in [6, 6.07) is 0. The second-order valence-corrected chi connectivity index (χ2v) is 4.13. The Labute approximate surface area is 71.7 Å². The summed E-state index contributed by atoms with van der Waals surface area (Å²) >= 11 is 0. The lowest BCUT2D eigenvalue weighted by Gasteiger charge is -2.31. The summed E-state index contributed by atoms with van der Waals surface area (Å²) < 4.78 is 25.9. The molecule has 0 bridgehead atoms. The third-order valence-corrected chi connectivity index (χ3v) is 3.31. The van der Waals surface area contributed by atoms with Gasteiger partial charge in [-0.05, 0) is 25.9 Å². The van der Waals surface area contributed by atoms with Crippen LogP contribution in [0.25, 0.3) is 0 Å². The molecule has 2 fully saturated rings. The Hall–Kier alpha value is -0.180. The van der Waals surface area contributed by atoms with Gasteiger partial charge in [0.1, 0.15) is 0 Å². The van der Waals surface area contributed by atoms with Crippen LogP contribution in [0.5, 0.6) is 0 Å². The number of rotatable bonds is 1. The first-order chi connectivity index (χ1) is 5.60. The first kappa shape index (κ1) is 8.42. The third kappa shape index (κ3) is 1.06. The van der Waals surface area contributed by atoms with Crippen LogP contribution >= 0.6 is 0 Å². The molecule has 0 radical (unpaired) electrons. The maximum Gasteiger partial charge on any atom is 0.255 e. The van der Waals surface area contributed by atoms with Crippen molar-refractivity contribution in [3.8, 4) is 0 Å². The number of halogens is 2. The van der Waals surface area contributed by atoms with Gasteiger partial charge in [0, 0.05) is 13.0 Å². The Morgan fingerprint density at radius 3 is 2.58 bits per heavy atom. The van der Waals surface area contributed by atoms with Gasteiger partial charge in [0.05, 0.1) is 5.41 Å². The fourth-order valence-corrected chi connectivity index (χ4v) is 2.32. The highest BCUT2D eigenvalue weighted by Crippen LogP contribution is 2.64. The Balaban J connectivity index is 2.01. The summed E-state index contributed by atoms with van der Waals surface area (Å²) in [5.74, 6) is -2.35. The van der Waals surface area contributed by atoms with Crippen LogP contribution in [-0.2, 0) is 0 Å². The molecule has 1 heterocycles. The molecule has 1 nitrogen and oxygen atoms in total. The zero-order valence-electron chi connectivity index (χ0n) is 7.45. The molecule has 2 aliphatic rings. The smallest absolute Gasteiger partial charge is 0.255 e. The molecule has 1 saturated heterocycles. The van der Waals surface area contributed by atoms with Crippen molar-refractivity contribution in [1.82, 2.24) is 4.90 Å². The Kier molecular flexibility index (Phi) is 1.69. The maximum atomic E-state index is 13.0. The standard InChI is InChI=1S/C9H15F2N/c1-2-12-5-3-4-8(7-12)6-9(8,10)11/h2-7H2,1H3. The molecule has 12 heavy (non-hydrogen) atoms. The zero-order valence-corrected chi connectivity index (χ0v) is 7.45. The molecule has 1 saturated carbocycles. The Morgan fingerprint density at radius 2 is 2.08 bits per heavy atom. The van der Waals surface area contributed by atoms with Crippen LogP contribution < -0.4 is 0 Å². The molecule has 70 valence electrons. The van der Waals surface area contributed by atoms with Crippen molar-refractivity contribution < 1.29 is 8.78 Å². The number of hydrogen-bond acceptors (Lipinski definition) is 1. The van der Waals surface area contributed by atoms with E-state index in [0.29, 0.717) is 6.54 Å². The lowest BCUT2D eigenvalue weighted by atomic mass is 9.94. The van der Waals surface area contributed by atoms with Crippen LogP contribution in [0.4, 0.5) is 8.78 Å². The van der Waals surface area contributed by atoms with Gasteiger partial charge in [-0.2, -0.15) is 0 Å². The van der Waals surface area contributed by atoms with Crippen LogP contribution in [0.3, 0.4) is 0 Å². The number of alkyl halides is 2. The van der Waals surface area contributed by atoms with Gasteiger partial charge in [0.2, 0.25) is 0 Å². The zero-order chi connectivity index (χ0) is 8.82. The molecule has 0 aromatic rings. The van der Waals surface area contributed by atoms with Crippen LogP contribution in [0.2, 0.25) is 0 Å². The van der Waals surface area contributed by atoms with E-state index in [1.54, 1.807) is 0 Å². The van der Waals surface area contributed by atoms with E-state index in [2.05, 4.69) is 4.90 Å². The van der Waals surface area contributed by atoms with E-state index < -0.39 is 11.3 Å². The molecule has 1 unspecified atom stereocenters. The van der Waals surface area contributed by atoms with E-state index in [9.17, 15) is 8.78 Å². The summed E-state index contributed by atoms with van der Waals surface area (Å²) in [4.78, 5) is 2.14. The minimum absolute atomic E-state index is 0.135. The Bertz CT molecular complexity index is 193. The van der Waals surface area contributed by atoms with Gasteiger partial charge in [0.15, 0.2) is 0 Å². The van der Waals surface area contributed by atoms with E-state index in [4.69, 9.17) is 0 Å². The summed E-state index contributed by atoms with van der Waals surface area (Å²) in [5, 5.41) is 0. The minimum atomic E-state index is -2.35. The highest BCUT2D eigenvalue weighted by atomic mass is 19.3. The monoisotopic (exact) mass is 175 g/mol. The van der Waals surface area contributed by atoms with Gasteiger partial charge in [-0.1, -0.05) is 6.92 Å². The highest BCUT2D eigenvalue weighted by molar-refractivity contribution is 5.12. The van der Waals surface area contributed by atoms with E-state index in [-0.39, 0.29) is 6.42 Å². The molecule has 1 spiro atoms. The first-order valence-electron chi connectivity index (χ1n) is 4.70. The van der Waals surface area contributed by atoms with Crippen molar-refractivity contribution in [2.75, 3.05) is 19.6 Å². The SMILES string of the molecule is CCN1CCCC2(C1)CC2(F)F. The molecule has 3 heteroatoms. The summed E-state index contributed by atoms with van der Waals surface area (Å²) in [6.07, 6.45) is 1.82. The van der Waals surface area contributed by atoms with E-state index in [1.807, 2.05) is 6.92 Å². The van der Waals surface area contributed by atoms with Crippen LogP contribution in [0, 0.1) is 5.41 Å². The second-order valence-electron chi connectivity index (χ2n) is 4.13. The maximum absolute atomic E-state index is 13.0. The number of nitrogens with zero attached hydrogens (tertiary/aromatic N) is 1. The fourth-order valence-electron chi connectivity index (χ4n) is 2.32. The summed E-state index contributed by atoms with van der Waals surface area (Å²) in [6.45, 7) is 4.59. The topological polar surface area (TPSA) is 3.24 Å². The molecule has 1 atom stereocenters. The minimum Gasteiger partial charge on any atom is -0.303 e. The molecule has 0 N–H and O–H groups in total. The van der Waals surface area contributed by atoms with E-state index >= 15 is 0 Å². The van der Waals surface area contributed by atoms with Crippen molar-refractivity contribution in [2.24, 2.45) is 5.41 Å². The van der Waals surface area contributed by atoms with Crippen LogP contribution in [-0.4, -0.2) is 30.5 Å². The lowest BCUT2D eigenvalue weighted by molar-refractivity contribution is 0.0262. The van der Waals surface area contributed by atoms with Crippen molar-refractivity contribution in [3.05, 3.63) is 0 Å². The van der Waals surface area contributed by atoms with E-state index in [1.165, 1.54) is 0 Å². The molecule has 2 rings (SSSR count). The lowest BCUT2D eigenvalue weighted by Crippen LogP contribution is -2.38. The molecular weight excluding hydrogens is 160 g/mol. The summed E-state index contributed by atoms with van der Waals surface area (Å²) in [5.41, 5.74) is -0.610. The Morgan fingerprint density at radius 1 is 1.42 bits per heavy atom. The van der Waals surface area contributed by atoms with E-state index in [0.717, 1.165) is 25.9 Å². The van der Waals surface area contributed by atoms with Crippen molar-refractivity contribution >= 4 is 0 Å². The molecular formula is C9H15F2N. The average molecular weight is 175 g/mol. The normalized spacial score (nSPS) is 40.2. The molecule has 0 aromatic heterocycles. The molecule has 0 aromatic carbocycles. The number of piperidine rings is 1. The van der Waals surface area contributed by atoms with Gasteiger partial charge in [-0.15, -0.1) is 0 Å². The number of likely N-dealkylation sites (tertiary alicyclic amines) is 1. The van der Waals surface area contributed by atoms with Gasteiger partial charge in [0.25, 0.3) is 5.92 Å². The molecule has 0 amide bonds. The predicted octanol–water partition coefficient (Wildman–Crippen LogP) is 2.13. The largest absolute Gasteiger partial charge is 0.303 e. The second kappa shape index (κ2) is 2.41. The summed E-state index contributed by atoms with van der Waals surface area (Å²) in [7, 11) is 0. The van der Waals surface area contributed by atoms with Crippen LogP contribution in [0.1, 0.15) is 26.2 Å². The van der Waals surface area contributed by atoms with Gasteiger partial charge in [-0.3, -0.25) is 0 Å². The van der Waals surface area contributed by atoms with Gasteiger partial charge in [-0.25, -0.2) is 8.78 Å². The molecule has 1 aliphatic heterocycles. The quantitative estimate of drug-likeness (QED) is 0.590. The number of hydrogen-bond donors (Lipinski definition) is 0. The third-order valence-electron chi connectivity index (χ3n) is 3.31. The molecule has 1 aliphatic carbocycles. The van der Waals surface area contributed by atoms with Crippen molar-refractivity contribution in [3.63, 3.8) is 0 Å². The van der Waals surface area contributed by atoms with Gasteiger partial charge >= 0.3 is 0 Å². The van der Waals surface area contributed by atoms with Crippen molar-refractivity contribution in [1.29, 1.82) is 0 Å². The van der Waals surface area contributed by atoms with Crippen LogP contribution in [0.15, 0.2) is 0 Å². The first-order valence-corrected chi connectivity index (χ1v) is 4.70. The fraction of sp³-hybridized carbons (Fsp3) is 1.00. The predicted molar refractivity (Wildman–Crippen MR) is 43.3 cm³/mol. The highest BCUT2D eigenvalue weighted by Gasteiger charge is 2.71. The average Bonchev–Trinajstić information content (AvgIpc) is 2.52. The van der Waals surface area contributed by atoms with Crippen molar-refractivity contribution in [2.45, 2.75) is 32.1 Å². The van der Waals surface area contributed by atoms with Gasteiger partial charge < -0.3 is 4.90 Å².